The van der Waals surface area contributed by atoms with Gasteiger partial charge in [0, 0.05) is 5.02 Å². The van der Waals surface area contributed by atoms with Crippen molar-refractivity contribution in [3.05, 3.63) is 70.7 Å². The smallest absolute Gasteiger partial charge is 0.0438 e. The maximum absolute atomic E-state index is 6.34. The lowest BCUT2D eigenvalue weighted by Gasteiger charge is -2.19. The van der Waals surface area contributed by atoms with Crippen molar-refractivity contribution in [1.82, 2.24) is 5.32 Å². The molecule has 0 saturated heterocycles. The zero-order valence-electron chi connectivity index (χ0n) is 13.6. The third-order valence-corrected chi connectivity index (χ3v) is 4.19. The SMILES string of the molecule is CC(C)CNCC(Cc1ccccc1)Cc1ccccc1Cl. The fraction of sp³-hybridized carbons (Fsp3) is 0.400. The highest BCUT2D eigenvalue weighted by Crippen LogP contribution is 2.21. The van der Waals surface area contributed by atoms with Gasteiger partial charge in [0.25, 0.3) is 0 Å². The van der Waals surface area contributed by atoms with Crippen LogP contribution in [0.15, 0.2) is 54.6 Å². The summed E-state index contributed by atoms with van der Waals surface area (Å²) in [6.45, 7) is 6.58. The second-order valence-electron chi connectivity index (χ2n) is 6.40. The highest BCUT2D eigenvalue weighted by molar-refractivity contribution is 6.31. The van der Waals surface area contributed by atoms with Crippen molar-refractivity contribution in [3.63, 3.8) is 0 Å². The molecule has 2 rings (SSSR count). The molecule has 0 fully saturated rings. The number of rotatable bonds is 8. The van der Waals surface area contributed by atoms with Gasteiger partial charge in [0.15, 0.2) is 0 Å². The highest BCUT2D eigenvalue weighted by atomic mass is 35.5. The van der Waals surface area contributed by atoms with Crippen LogP contribution < -0.4 is 5.32 Å². The van der Waals surface area contributed by atoms with Crippen LogP contribution >= 0.6 is 11.6 Å². The van der Waals surface area contributed by atoms with Gasteiger partial charge in [-0.3, -0.25) is 0 Å². The molecule has 0 aliphatic carbocycles. The molecule has 0 spiro atoms. The Hall–Kier alpha value is -1.31. The molecule has 0 amide bonds. The van der Waals surface area contributed by atoms with Crippen LogP contribution in [0.1, 0.15) is 25.0 Å². The molecule has 0 heterocycles. The zero-order chi connectivity index (χ0) is 15.8. The molecule has 2 heteroatoms. The summed E-state index contributed by atoms with van der Waals surface area (Å²) in [6, 6.07) is 18.9. The molecular formula is C20H26ClN. The topological polar surface area (TPSA) is 12.0 Å². The first-order valence-corrected chi connectivity index (χ1v) is 8.51. The molecule has 22 heavy (non-hydrogen) atoms. The molecule has 1 unspecified atom stereocenters. The Morgan fingerprint density at radius 3 is 2.23 bits per heavy atom. The monoisotopic (exact) mass is 315 g/mol. The van der Waals surface area contributed by atoms with Gasteiger partial charge in [0.1, 0.15) is 0 Å². The van der Waals surface area contributed by atoms with Crippen LogP contribution in [-0.2, 0) is 12.8 Å². The lowest BCUT2D eigenvalue weighted by molar-refractivity contribution is 0.445. The van der Waals surface area contributed by atoms with Gasteiger partial charge in [0.2, 0.25) is 0 Å². The van der Waals surface area contributed by atoms with Gasteiger partial charge in [-0.25, -0.2) is 0 Å². The molecule has 0 aliphatic rings. The van der Waals surface area contributed by atoms with Crippen molar-refractivity contribution in [3.8, 4) is 0 Å². The van der Waals surface area contributed by atoms with Crippen LogP contribution in [0.2, 0.25) is 5.02 Å². The maximum Gasteiger partial charge on any atom is 0.0438 e. The Kier molecular flexibility index (Phi) is 6.95. The van der Waals surface area contributed by atoms with E-state index in [-0.39, 0.29) is 0 Å². The van der Waals surface area contributed by atoms with E-state index in [0.717, 1.165) is 31.0 Å². The largest absolute Gasteiger partial charge is 0.316 e. The molecule has 0 radical (unpaired) electrons. The summed E-state index contributed by atoms with van der Waals surface area (Å²) >= 11 is 6.34. The minimum atomic E-state index is 0.557. The molecule has 0 saturated carbocycles. The van der Waals surface area contributed by atoms with Crippen LogP contribution in [0, 0.1) is 11.8 Å². The fourth-order valence-electron chi connectivity index (χ4n) is 2.72. The van der Waals surface area contributed by atoms with Crippen molar-refractivity contribution in [2.75, 3.05) is 13.1 Å². The van der Waals surface area contributed by atoms with E-state index in [1.54, 1.807) is 0 Å². The summed E-state index contributed by atoms with van der Waals surface area (Å²) in [6.07, 6.45) is 2.09. The van der Waals surface area contributed by atoms with Crippen LogP contribution in [-0.4, -0.2) is 13.1 Å². The Balaban J connectivity index is 2.02. The van der Waals surface area contributed by atoms with Gasteiger partial charge in [-0.2, -0.15) is 0 Å². The second kappa shape index (κ2) is 8.97. The number of nitrogens with one attached hydrogen (secondary N) is 1. The van der Waals surface area contributed by atoms with Gasteiger partial charge in [-0.05, 0) is 55.0 Å². The quantitative estimate of drug-likeness (QED) is 0.724. The number of hydrogen-bond acceptors (Lipinski definition) is 1. The first-order chi connectivity index (χ1) is 10.6. The van der Waals surface area contributed by atoms with E-state index in [9.17, 15) is 0 Å². The van der Waals surface area contributed by atoms with E-state index in [4.69, 9.17) is 11.6 Å². The van der Waals surface area contributed by atoms with Gasteiger partial charge < -0.3 is 5.32 Å². The molecule has 0 bridgehead atoms. The summed E-state index contributed by atoms with van der Waals surface area (Å²) < 4.78 is 0. The first-order valence-electron chi connectivity index (χ1n) is 8.13. The third-order valence-electron chi connectivity index (χ3n) is 3.82. The van der Waals surface area contributed by atoms with E-state index >= 15 is 0 Å². The standard InChI is InChI=1S/C20H26ClN/c1-16(2)14-22-15-18(12-17-8-4-3-5-9-17)13-19-10-6-7-11-20(19)21/h3-11,16,18,22H,12-15H2,1-2H3. The maximum atomic E-state index is 6.34. The van der Waals surface area contributed by atoms with Crippen LogP contribution in [0.25, 0.3) is 0 Å². The van der Waals surface area contributed by atoms with Crippen LogP contribution in [0.5, 0.6) is 0 Å². The van der Waals surface area contributed by atoms with Crippen molar-refractivity contribution in [2.45, 2.75) is 26.7 Å². The predicted octanol–water partition coefficient (Wildman–Crippen LogP) is 4.99. The van der Waals surface area contributed by atoms with E-state index in [1.807, 2.05) is 12.1 Å². The Bertz CT molecular complexity index is 551. The van der Waals surface area contributed by atoms with Crippen LogP contribution in [0.4, 0.5) is 0 Å². The predicted molar refractivity (Wildman–Crippen MR) is 96.5 cm³/mol. The molecular weight excluding hydrogens is 290 g/mol. The average Bonchev–Trinajstić information content (AvgIpc) is 2.50. The summed E-state index contributed by atoms with van der Waals surface area (Å²) in [5, 5.41) is 4.48. The normalized spacial score (nSPS) is 12.5. The fourth-order valence-corrected chi connectivity index (χ4v) is 2.93. The number of halogens is 1. The van der Waals surface area contributed by atoms with E-state index in [1.165, 1.54) is 11.1 Å². The molecule has 2 aromatic carbocycles. The van der Waals surface area contributed by atoms with E-state index < -0.39 is 0 Å². The van der Waals surface area contributed by atoms with E-state index in [0.29, 0.717) is 11.8 Å². The summed E-state index contributed by atoms with van der Waals surface area (Å²) in [5.74, 6) is 1.23. The van der Waals surface area contributed by atoms with Crippen molar-refractivity contribution in [1.29, 1.82) is 0 Å². The summed E-state index contributed by atoms with van der Waals surface area (Å²) in [5.41, 5.74) is 2.64. The van der Waals surface area contributed by atoms with E-state index in [2.05, 4.69) is 61.6 Å². The third kappa shape index (κ3) is 5.82. The lowest BCUT2D eigenvalue weighted by Crippen LogP contribution is -2.28. The van der Waals surface area contributed by atoms with Gasteiger partial charge in [0.05, 0.1) is 0 Å². The van der Waals surface area contributed by atoms with Crippen molar-refractivity contribution < 1.29 is 0 Å². The average molecular weight is 316 g/mol. The Morgan fingerprint density at radius 1 is 0.864 bits per heavy atom. The van der Waals surface area contributed by atoms with Gasteiger partial charge in [-0.1, -0.05) is 74.0 Å². The molecule has 2 aromatic rings. The minimum Gasteiger partial charge on any atom is -0.316 e. The van der Waals surface area contributed by atoms with Crippen molar-refractivity contribution >= 4 is 11.6 Å². The van der Waals surface area contributed by atoms with Gasteiger partial charge in [-0.15, -0.1) is 0 Å². The van der Waals surface area contributed by atoms with Gasteiger partial charge >= 0.3 is 0 Å². The molecule has 0 aliphatic heterocycles. The highest BCUT2D eigenvalue weighted by Gasteiger charge is 2.12. The Labute approximate surface area is 139 Å². The molecule has 0 aromatic heterocycles. The molecule has 1 nitrogen and oxygen atoms in total. The first kappa shape index (κ1) is 17.1. The Morgan fingerprint density at radius 2 is 1.55 bits per heavy atom. The molecule has 118 valence electrons. The summed E-state index contributed by atoms with van der Waals surface area (Å²) in [7, 11) is 0. The second-order valence-corrected chi connectivity index (χ2v) is 6.81. The molecule has 1 N–H and O–H groups in total. The minimum absolute atomic E-state index is 0.557. The van der Waals surface area contributed by atoms with Crippen LogP contribution in [0.3, 0.4) is 0 Å². The van der Waals surface area contributed by atoms with Crippen molar-refractivity contribution in [2.24, 2.45) is 11.8 Å². The number of hydrogen-bond donors (Lipinski definition) is 1. The summed E-state index contributed by atoms with van der Waals surface area (Å²) in [4.78, 5) is 0. The number of benzene rings is 2. The lowest BCUT2D eigenvalue weighted by atomic mass is 9.92. The zero-order valence-corrected chi connectivity index (χ0v) is 14.3. The molecule has 1 atom stereocenters.